The Labute approximate surface area is 131 Å². The van der Waals surface area contributed by atoms with Crippen LogP contribution < -0.4 is 10.2 Å². The first-order valence-corrected chi connectivity index (χ1v) is 7.28. The zero-order valence-electron chi connectivity index (χ0n) is 12.0. The third-order valence-electron chi connectivity index (χ3n) is 4.22. The average molecular weight is 312 g/mol. The summed E-state index contributed by atoms with van der Waals surface area (Å²) >= 11 is 0. The molecule has 0 saturated carbocycles. The SMILES string of the molecule is Cl.O=C(C1CCNC1)N1CCN(c2ccccc2O)CC1. The largest absolute Gasteiger partial charge is 0.506 e. The number of hydrogen-bond donors (Lipinski definition) is 2. The molecule has 5 nitrogen and oxygen atoms in total. The quantitative estimate of drug-likeness (QED) is 0.858. The molecule has 6 heteroatoms. The number of phenols is 1. The fraction of sp³-hybridized carbons (Fsp3) is 0.533. The van der Waals surface area contributed by atoms with E-state index in [1.165, 1.54) is 0 Å². The lowest BCUT2D eigenvalue weighted by Gasteiger charge is -2.37. The van der Waals surface area contributed by atoms with Gasteiger partial charge < -0.3 is 20.2 Å². The topological polar surface area (TPSA) is 55.8 Å². The smallest absolute Gasteiger partial charge is 0.227 e. The number of carbonyl (C=O) groups excluding carboxylic acids is 1. The molecule has 2 fully saturated rings. The van der Waals surface area contributed by atoms with Crippen molar-refractivity contribution in [1.29, 1.82) is 0 Å². The number of nitrogens with zero attached hydrogens (tertiary/aromatic N) is 2. The second-order valence-electron chi connectivity index (χ2n) is 5.49. The van der Waals surface area contributed by atoms with Crippen molar-refractivity contribution in [1.82, 2.24) is 10.2 Å². The van der Waals surface area contributed by atoms with Gasteiger partial charge in [-0.25, -0.2) is 0 Å². The van der Waals surface area contributed by atoms with Crippen LogP contribution in [0.5, 0.6) is 5.75 Å². The zero-order chi connectivity index (χ0) is 13.9. The van der Waals surface area contributed by atoms with E-state index in [2.05, 4.69) is 10.2 Å². The van der Waals surface area contributed by atoms with Crippen molar-refractivity contribution in [3.8, 4) is 5.75 Å². The average Bonchev–Trinajstić information content (AvgIpc) is 3.01. The normalized spacial score (nSPS) is 22.0. The van der Waals surface area contributed by atoms with Gasteiger partial charge in [0, 0.05) is 32.7 Å². The molecule has 21 heavy (non-hydrogen) atoms. The standard InChI is InChI=1S/C15H21N3O2.ClH/c19-14-4-2-1-3-13(14)17-7-9-18(10-8-17)15(20)12-5-6-16-11-12;/h1-4,12,16,19H,5-11H2;1H. The summed E-state index contributed by atoms with van der Waals surface area (Å²) in [5.74, 6) is 0.755. The van der Waals surface area contributed by atoms with Crippen molar-refractivity contribution < 1.29 is 9.90 Å². The minimum absolute atomic E-state index is 0. The highest BCUT2D eigenvalue weighted by atomic mass is 35.5. The van der Waals surface area contributed by atoms with Crippen LogP contribution in [0, 0.1) is 5.92 Å². The summed E-state index contributed by atoms with van der Waals surface area (Å²) in [5, 5.41) is 13.1. The van der Waals surface area contributed by atoms with Gasteiger partial charge in [-0.05, 0) is 25.1 Å². The molecule has 0 aromatic heterocycles. The third-order valence-corrected chi connectivity index (χ3v) is 4.22. The number of hydrogen-bond acceptors (Lipinski definition) is 4. The molecule has 2 heterocycles. The first-order chi connectivity index (χ1) is 9.75. The van der Waals surface area contributed by atoms with Crippen LogP contribution in [0.3, 0.4) is 0 Å². The number of benzene rings is 1. The van der Waals surface area contributed by atoms with Gasteiger partial charge in [-0.1, -0.05) is 12.1 Å². The zero-order valence-corrected chi connectivity index (χ0v) is 12.8. The Morgan fingerprint density at radius 3 is 2.52 bits per heavy atom. The number of amides is 1. The van der Waals surface area contributed by atoms with E-state index in [4.69, 9.17) is 0 Å². The molecule has 2 aliphatic rings. The molecule has 1 aromatic rings. The van der Waals surface area contributed by atoms with Crippen LogP contribution in [0.25, 0.3) is 0 Å². The Morgan fingerprint density at radius 1 is 1.19 bits per heavy atom. The molecule has 1 unspecified atom stereocenters. The van der Waals surface area contributed by atoms with Gasteiger partial charge >= 0.3 is 0 Å². The minimum atomic E-state index is 0. The Kier molecular flexibility index (Phi) is 5.31. The van der Waals surface area contributed by atoms with E-state index in [1.807, 2.05) is 23.1 Å². The van der Waals surface area contributed by atoms with Crippen molar-refractivity contribution in [3.05, 3.63) is 24.3 Å². The van der Waals surface area contributed by atoms with Gasteiger partial charge in [-0.2, -0.15) is 0 Å². The maximum atomic E-state index is 12.3. The first kappa shape index (κ1) is 15.9. The lowest BCUT2D eigenvalue weighted by Crippen LogP contribution is -2.50. The number of carbonyl (C=O) groups is 1. The number of rotatable bonds is 2. The van der Waals surface area contributed by atoms with Crippen molar-refractivity contribution in [2.75, 3.05) is 44.2 Å². The highest BCUT2D eigenvalue weighted by Crippen LogP contribution is 2.27. The lowest BCUT2D eigenvalue weighted by molar-refractivity contribution is -0.135. The van der Waals surface area contributed by atoms with E-state index in [-0.39, 0.29) is 24.2 Å². The molecule has 0 bridgehead atoms. The molecule has 2 aliphatic heterocycles. The van der Waals surface area contributed by atoms with E-state index in [1.54, 1.807) is 6.07 Å². The second kappa shape index (κ2) is 7.00. The summed E-state index contributed by atoms with van der Waals surface area (Å²) in [4.78, 5) is 16.4. The molecular formula is C15H22ClN3O2. The Balaban J connectivity index is 0.00000161. The molecule has 0 spiro atoms. The van der Waals surface area contributed by atoms with Gasteiger partial charge in [0.25, 0.3) is 0 Å². The number of para-hydroxylation sites is 2. The van der Waals surface area contributed by atoms with Crippen LogP contribution in [0.15, 0.2) is 24.3 Å². The lowest BCUT2D eigenvalue weighted by atomic mass is 10.1. The molecule has 2 saturated heterocycles. The summed E-state index contributed by atoms with van der Waals surface area (Å²) < 4.78 is 0. The third kappa shape index (κ3) is 3.41. The second-order valence-corrected chi connectivity index (χ2v) is 5.49. The molecule has 1 amide bonds. The molecule has 1 aromatic carbocycles. The van der Waals surface area contributed by atoms with Crippen molar-refractivity contribution >= 4 is 24.0 Å². The number of halogens is 1. The monoisotopic (exact) mass is 311 g/mol. The molecule has 0 radical (unpaired) electrons. The van der Waals surface area contributed by atoms with E-state index >= 15 is 0 Å². The van der Waals surface area contributed by atoms with Crippen LogP contribution in [0.2, 0.25) is 0 Å². The summed E-state index contributed by atoms with van der Waals surface area (Å²) in [7, 11) is 0. The number of nitrogens with one attached hydrogen (secondary N) is 1. The van der Waals surface area contributed by atoms with Gasteiger partial charge in [-0.3, -0.25) is 4.79 Å². The number of anilines is 1. The summed E-state index contributed by atoms with van der Waals surface area (Å²) in [6.07, 6.45) is 0.957. The number of phenolic OH excluding ortho intramolecular Hbond substituents is 1. The van der Waals surface area contributed by atoms with Crippen LogP contribution in [-0.4, -0.2) is 55.2 Å². The van der Waals surface area contributed by atoms with Crippen LogP contribution in [0.1, 0.15) is 6.42 Å². The predicted octanol–water partition coefficient (Wildman–Crippen LogP) is 1.07. The minimum Gasteiger partial charge on any atom is -0.506 e. The summed E-state index contributed by atoms with van der Waals surface area (Å²) in [6, 6.07) is 7.38. The van der Waals surface area contributed by atoms with Gasteiger partial charge in [0.15, 0.2) is 0 Å². The molecule has 3 rings (SSSR count). The highest BCUT2D eigenvalue weighted by Gasteiger charge is 2.29. The maximum Gasteiger partial charge on any atom is 0.227 e. The van der Waals surface area contributed by atoms with E-state index in [0.717, 1.165) is 51.4 Å². The molecule has 1 atom stereocenters. The van der Waals surface area contributed by atoms with E-state index in [0.29, 0.717) is 5.75 Å². The maximum absolute atomic E-state index is 12.3. The van der Waals surface area contributed by atoms with Gasteiger partial charge in [0.1, 0.15) is 5.75 Å². The van der Waals surface area contributed by atoms with Crippen molar-refractivity contribution in [3.63, 3.8) is 0 Å². The number of aromatic hydroxyl groups is 1. The molecular weight excluding hydrogens is 290 g/mol. The Morgan fingerprint density at radius 2 is 1.90 bits per heavy atom. The van der Waals surface area contributed by atoms with E-state index < -0.39 is 0 Å². The van der Waals surface area contributed by atoms with Crippen molar-refractivity contribution in [2.24, 2.45) is 5.92 Å². The fourth-order valence-corrected chi connectivity index (χ4v) is 3.02. The molecule has 2 N–H and O–H groups in total. The van der Waals surface area contributed by atoms with Crippen molar-refractivity contribution in [2.45, 2.75) is 6.42 Å². The van der Waals surface area contributed by atoms with Gasteiger partial charge in [0.2, 0.25) is 5.91 Å². The summed E-state index contributed by atoms with van der Waals surface area (Å²) in [5.41, 5.74) is 0.863. The predicted molar refractivity (Wildman–Crippen MR) is 85.1 cm³/mol. The molecule has 0 aliphatic carbocycles. The highest BCUT2D eigenvalue weighted by molar-refractivity contribution is 5.85. The summed E-state index contributed by atoms with van der Waals surface area (Å²) in [6.45, 7) is 4.81. The number of piperazine rings is 1. The van der Waals surface area contributed by atoms with Gasteiger partial charge in [-0.15, -0.1) is 12.4 Å². The van der Waals surface area contributed by atoms with Crippen LogP contribution >= 0.6 is 12.4 Å². The van der Waals surface area contributed by atoms with Crippen LogP contribution in [-0.2, 0) is 4.79 Å². The Hall–Kier alpha value is -1.46. The fourth-order valence-electron chi connectivity index (χ4n) is 3.02. The first-order valence-electron chi connectivity index (χ1n) is 7.28. The van der Waals surface area contributed by atoms with Gasteiger partial charge in [0.05, 0.1) is 11.6 Å². The van der Waals surface area contributed by atoms with E-state index in [9.17, 15) is 9.90 Å². The molecule has 116 valence electrons. The Bertz CT molecular complexity index is 484. The van der Waals surface area contributed by atoms with Crippen LogP contribution in [0.4, 0.5) is 5.69 Å².